The first-order valence-corrected chi connectivity index (χ1v) is 8.19. The standard InChI is InChI=1S/C17H17N3O5/c21-16(20-6-7-24-13(9-20)17(22)23)12-3-1-2-11(8-12)14-18-15(25-19-14)10-4-5-10/h1-3,8,10,13H,4-7,9H2,(H,22,23). The molecule has 4 rings (SSSR count). The molecule has 25 heavy (non-hydrogen) atoms. The Hall–Kier alpha value is -2.74. The van der Waals surface area contributed by atoms with E-state index in [2.05, 4.69) is 10.1 Å². The minimum absolute atomic E-state index is 0.0342. The van der Waals surface area contributed by atoms with Gasteiger partial charge in [0.2, 0.25) is 11.7 Å². The fraction of sp³-hybridized carbons (Fsp3) is 0.412. The number of amides is 1. The highest BCUT2D eigenvalue weighted by molar-refractivity contribution is 5.95. The Bertz CT molecular complexity index is 814. The molecule has 1 atom stereocenters. The van der Waals surface area contributed by atoms with Crippen molar-refractivity contribution in [1.82, 2.24) is 15.0 Å². The Kier molecular flexibility index (Phi) is 3.96. The van der Waals surface area contributed by atoms with Crippen LogP contribution in [0.15, 0.2) is 28.8 Å². The van der Waals surface area contributed by atoms with Crippen molar-refractivity contribution in [2.45, 2.75) is 24.9 Å². The molecule has 1 aromatic heterocycles. The van der Waals surface area contributed by atoms with E-state index in [1.807, 2.05) is 6.07 Å². The van der Waals surface area contributed by atoms with Crippen LogP contribution in [0.5, 0.6) is 0 Å². The summed E-state index contributed by atoms with van der Waals surface area (Å²) in [5, 5.41) is 13.1. The average molecular weight is 343 g/mol. The molecule has 2 aromatic rings. The quantitative estimate of drug-likeness (QED) is 0.897. The lowest BCUT2D eigenvalue weighted by Gasteiger charge is -2.31. The Morgan fingerprint density at radius 1 is 1.28 bits per heavy atom. The van der Waals surface area contributed by atoms with Gasteiger partial charge in [-0.15, -0.1) is 0 Å². The van der Waals surface area contributed by atoms with Crippen molar-refractivity contribution in [2.75, 3.05) is 19.7 Å². The van der Waals surface area contributed by atoms with Gasteiger partial charge in [-0.1, -0.05) is 17.3 Å². The van der Waals surface area contributed by atoms with Crippen molar-refractivity contribution in [3.63, 3.8) is 0 Å². The van der Waals surface area contributed by atoms with E-state index < -0.39 is 12.1 Å². The summed E-state index contributed by atoms with van der Waals surface area (Å²) in [6.45, 7) is 0.602. The summed E-state index contributed by atoms with van der Waals surface area (Å²) in [6.07, 6.45) is 1.16. The second-order valence-electron chi connectivity index (χ2n) is 6.26. The molecule has 1 saturated carbocycles. The second-order valence-corrected chi connectivity index (χ2v) is 6.26. The molecule has 8 heteroatoms. The normalized spacial score (nSPS) is 20.5. The maximum absolute atomic E-state index is 12.7. The zero-order valence-corrected chi connectivity index (χ0v) is 13.4. The van der Waals surface area contributed by atoms with Crippen LogP contribution in [-0.4, -0.2) is 57.8 Å². The van der Waals surface area contributed by atoms with Gasteiger partial charge >= 0.3 is 5.97 Å². The molecule has 8 nitrogen and oxygen atoms in total. The van der Waals surface area contributed by atoms with Crippen molar-refractivity contribution in [3.8, 4) is 11.4 Å². The van der Waals surface area contributed by atoms with Crippen LogP contribution in [-0.2, 0) is 9.53 Å². The maximum atomic E-state index is 12.7. The number of aliphatic carboxylic acids is 1. The summed E-state index contributed by atoms with van der Waals surface area (Å²) in [5.41, 5.74) is 1.16. The monoisotopic (exact) mass is 343 g/mol. The van der Waals surface area contributed by atoms with E-state index in [4.69, 9.17) is 14.4 Å². The van der Waals surface area contributed by atoms with Gasteiger partial charge in [0, 0.05) is 23.6 Å². The molecular weight excluding hydrogens is 326 g/mol. The molecule has 0 bridgehead atoms. The summed E-state index contributed by atoms with van der Waals surface area (Å²) in [6, 6.07) is 6.97. The van der Waals surface area contributed by atoms with Crippen molar-refractivity contribution in [3.05, 3.63) is 35.7 Å². The number of benzene rings is 1. The molecule has 1 aliphatic carbocycles. The number of morpholine rings is 1. The zero-order chi connectivity index (χ0) is 17.4. The van der Waals surface area contributed by atoms with Gasteiger partial charge in [0.1, 0.15) is 0 Å². The molecule has 1 N–H and O–H groups in total. The molecule has 0 radical (unpaired) electrons. The summed E-state index contributed by atoms with van der Waals surface area (Å²) in [5.74, 6) is 0.173. The molecule has 0 spiro atoms. The highest BCUT2D eigenvalue weighted by Gasteiger charge is 2.31. The molecule has 1 unspecified atom stereocenters. The first-order chi connectivity index (χ1) is 12.1. The Labute approximate surface area is 143 Å². The third-order valence-electron chi connectivity index (χ3n) is 4.37. The van der Waals surface area contributed by atoms with Crippen LogP contribution in [0, 0.1) is 0 Å². The molecule has 1 amide bonds. The number of carboxylic acids is 1. The predicted octanol–water partition coefficient (Wildman–Crippen LogP) is 1.54. The van der Waals surface area contributed by atoms with Gasteiger partial charge in [0.15, 0.2) is 6.10 Å². The minimum Gasteiger partial charge on any atom is -0.479 e. The van der Waals surface area contributed by atoms with Crippen LogP contribution in [0.2, 0.25) is 0 Å². The Balaban J connectivity index is 1.53. The van der Waals surface area contributed by atoms with Crippen LogP contribution >= 0.6 is 0 Å². The van der Waals surface area contributed by atoms with Gasteiger partial charge in [-0.3, -0.25) is 4.79 Å². The number of nitrogens with zero attached hydrogens (tertiary/aromatic N) is 3. The van der Waals surface area contributed by atoms with Crippen molar-refractivity contribution in [2.24, 2.45) is 0 Å². The molecule has 1 saturated heterocycles. The summed E-state index contributed by atoms with van der Waals surface area (Å²) in [7, 11) is 0. The molecular formula is C17H17N3O5. The van der Waals surface area contributed by atoms with Gasteiger partial charge in [0.25, 0.3) is 5.91 Å². The topological polar surface area (TPSA) is 106 Å². The number of aromatic nitrogens is 2. The van der Waals surface area contributed by atoms with Crippen molar-refractivity contribution in [1.29, 1.82) is 0 Å². The number of carbonyl (C=O) groups is 2. The van der Waals surface area contributed by atoms with Crippen LogP contribution < -0.4 is 0 Å². The van der Waals surface area contributed by atoms with E-state index in [0.717, 1.165) is 12.8 Å². The fourth-order valence-electron chi connectivity index (χ4n) is 2.81. The van der Waals surface area contributed by atoms with Crippen LogP contribution in [0.1, 0.15) is 35.0 Å². The van der Waals surface area contributed by atoms with E-state index in [-0.39, 0.29) is 19.1 Å². The number of hydrogen-bond acceptors (Lipinski definition) is 6. The van der Waals surface area contributed by atoms with Crippen molar-refractivity contribution >= 4 is 11.9 Å². The Morgan fingerprint density at radius 3 is 2.88 bits per heavy atom. The van der Waals surface area contributed by atoms with E-state index in [9.17, 15) is 9.59 Å². The minimum atomic E-state index is -1.06. The average Bonchev–Trinajstić information content (AvgIpc) is 3.38. The first-order valence-electron chi connectivity index (χ1n) is 8.19. The number of carboxylic acid groups (broad SMARTS) is 1. The number of rotatable bonds is 4. The largest absolute Gasteiger partial charge is 0.479 e. The summed E-state index contributed by atoms with van der Waals surface area (Å²) >= 11 is 0. The van der Waals surface area contributed by atoms with Gasteiger partial charge in [-0.05, 0) is 25.0 Å². The zero-order valence-electron chi connectivity index (χ0n) is 13.4. The molecule has 2 aliphatic rings. The highest BCUT2D eigenvalue weighted by atomic mass is 16.5. The highest BCUT2D eigenvalue weighted by Crippen LogP contribution is 2.39. The van der Waals surface area contributed by atoms with E-state index >= 15 is 0 Å². The van der Waals surface area contributed by atoms with E-state index in [0.29, 0.717) is 35.3 Å². The van der Waals surface area contributed by atoms with Gasteiger partial charge in [-0.25, -0.2) is 4.79 Å². The van der Waals surface area contributed by atoms with E-state index in [1.165, 1.54) is 4.90 Å². The number of ether oxygens (including phenoxy) is 1. The third-order valence-corrected chi connectivity index (χ3v) is 4.37. The van der Waals surface area contributed by atoms with Crippen molar-refractivity contribution < 1.29 is 24.0 Å². The summed E-state index contributed by atoms with van der Waals surface area (Å²) < 4.78 is 10.4. The third kappa shape index (κ3) is 3.25. The maximum Gasteiger partial charge on any atom is 0.334 e. The molecule has 1 aliphatic heterocycles. The lowest BCUT2D eigenvalue weighted by Crippen LogP contribution is -2.48. The summed E-state index contributed by atoms with van der Waals surface area (Å²) in [4.78, 5) is 29.6. The van der Waals surface area contributed by atoms with Crippen LogP contribution in [0.3, 0.4) is 0 Å². The fourth-order valence-corrected chi connectivity index (χ4v) is 2.81. The lowest BCUT2D eigenvalue weighted by atomic mass is 10.1. The lowest BCUT2D eigenvalue weighted by molar-refractivity contribution is -0.154. The van der Waals surface area contributed by atoms with Gasteiger partial charge in [-0.2, -0.15) is 4.98 Å². The smallest absolute Gasteiger partial charge is 0.334 e. The predicted molar refractivity (Wildman–Crippen MR) is 85.0 cm³/mol. The van der Waals surface area contributed by atoms with Gasteiger partial charge in [0.05, 0.1) is 13.2 Å². The van der Waals surface area contributed by atoms with Gasteiger partial charge < -0.3 is 19.3 Å². The Morgan fingerprint density at radius 2 is 2.12 bits per heavy atom. The number of hydrogen-bond donors (Lipinski definition) is 1. The van der Waals surface area contributed by atoms with E-state index in [1.54, 1.807) is 18.2 Å². The molecule has 130 valence electrons. The second kappa shape index (κ2) is 6.29. The molecule has 2 heterocycles. The number of carbonyl (C=O) groups excluding carboxylic acids is 1. The molecule has 2 fully saturated rings. The molecule has 1 aromatic carbocycles. The first kappa shape index (κ1) is 15.8. The SMILES string of the molecule is O=C(O)C1CN(C(=O)c2cccc(-c3noc(C4CC4)n3)c2)CCO1. The van der Waals surface area contributed by atoms with Crippen LogP contribution in [0.25, 0.3) is 11.4 Å². The van der Waals surface area contributed by atoms with Crippen LogP contribution in [0.4, 0.5) is 0 Å².